The van der Waals surface area contributed by atoms with Gasteiger partial charge in [-0.25, -0.2) is 9.38 Å². The van der Waals surface area contributed by atoms with Gasteiger partial charge in [0.1, 0.15) is 40.7 Å². The molecule has 0 radical (unpaired) electrons. The second-order valence-corrected chi connectivity index (χ2v) is 21.5. The van der Waals surface area contributed by atoms with Crippen molar-refractivity contribution >= 4 is 94.7 Å². The summed E-state index contributed by atoms with van der Waals surface area (Å²) in [5.41, 5.74) is 3.15. The van der Waals surface area contributed by atoms with Crippen molar-refractivity contribution in [3.8, 4) is 18.1 Å². The zero-order valence-corrected chi connectivity index (χ0v) is 45.0. The number of amides is 3. The molecule has 3 amide bonds. The Morgan fingerprint density at radius 2 is 1.89 bits per heavy atom. The SMILES string of the molecule is C#CCN1C(=O)COc2cc(F)c(/N=c3\snc4n3CC(C)(C)C4)cc21.CC1(C)OC(c2ccco2)CN1C(=O)C(Cl)Cl.CCc1cccc(C)c1N(C(=O)CCl)C(C)COC.O=C(O)CNCP(=O)(O)O. The molecule has 2 aromatic carbocycles. The van der Waals surface area contributed by atoms with Crippen LogP contribution >= 0.6 is 53.9 Å². The Morgan fingerprint density at radius 3 is 2.47 bits per heavy atom. The van der Waals surface area contributed by atoms with Crippen LogP contribution in [0, 0.1) is 30.5 Å². The topological polar surface area (TPSA) is 239 Å². The second kappa shape index (κ2) is 26.4. The number of furan rings is 1. The molecule has 2 aromatic heterocycles. The monoisotopic (exact) mass is 1100 g/mol. The molecule has 1 saturated heterocycles. The predicted molar refractivity (Wildman–Crippen MR) is 272 cm³/mol. The van der Waals surface area contributed by atoms with Crippen molar-refractivity contribution in [2.24, 2.45) is 10.4 Å². The lowest BCUT2D eigenvalue weighted by molar-refractivity contribution is -0.144. The summed E-state index contributed by atoms with van der Waals surface area (Å²) in [4.78, 5) is 70.9. The average molecular weight is 1100 g/mol. The number of carbonyl (C=O) groups is 4. The van der Waals surface area contributed by atoms with Gasteiger partial charge in [-0.1, -0.05) is 68.1 Å². The molecule has 0 aliphatic carbocycles. The number of aryl methyl sites for hydroxylation is 2. The molecule has 25 heteroatoms. The van der Waals surface area contributed by atoms with Crippen LogP contribution in [0.3, 0.4) is 0 Å². The number of nitrogens with zero attached hydrogens (tertiary/aromatic N) is 6. The number of hydrogen-bond donors (Lipinski definition) is 4. The van der Waals surface area contributed by atoms with Gasteiger partial charge in [-0.05, 0) is 68.9 Å². The Labute approximate surface area is 436 Å². The Balaban J connectivity index is 0.000000219. The summed E-state index contributed by atoms with van der Waals surface area (Å²) in [5, 5.41) is 10.1. The zero-order valence-electron chi connectivity index (χ0n) is 41.1. The van der Waals surface area contributed by atoms with Crippen molar-refractivity contribution in [1.82, 2.24) is 19.2 Å². The lowest BCUT2D eigenvalue weighted by atomic mass is 9.92. The van der Waals surface area contributed by atoms with Crippen LogP contribution in [-0.2, 0) is 52.6 Å². The predicted octanol–water partition coefficient (Wildman–Crippen LogP) is 6.94. The summed E-state index contributed by atoms with van der Waals surface area (Å²) in [5.74, 6) is 2.00. The Bertz CT molecular complexity index is 2690. The molecular formula is C47H60Cl3FN7O12PS. The number of para-hydroxylation sites is 1. The third kappa shape index (κ3) is 16.3. The first kappa shape index (κ1) is 59.7. The zero-order chi connectivity index (χ0) is 53.7. The normalized spacial score (nSPS) is 16.9. The van der Waals surface area contributed by atoms with E-state index in [4.69, 9.17) is 74.7 Å². The number of nitrogens with one attached hydrogen (secondary N) is 1. The van der Waals surface area contributed by atoms with Crippen molar-refractivity contribution in [2.45, 2.75) is 90.6 Å². The van der Waals surface area contributed by atoms with Crippen LogP contribution in [0.1, 0.15) is 70.4 Å². The quantitative estimate of drug-likeness (QED) is 0.0569. The molecule has 19 nitrogen and oxygen atoms in total. The number of fused-ring (bicyclic) bond motifs is 2. The molecule has 2 atom stereocenters. The van der Waals surface area contributed by atoms with E-state index in [1.165, 1.54) is 33.5 Å². The minimum Gasteiger partial charge on any atom is -0.481 e. The molecule has 7 rings (SSSR count). The largest absolute Gasteiger partial charge is 0.481 e. The number of terminal acetylenes is 1. The molecule has 0 bridgehead atoms. The summed E-state index contributed by atoms with van der Waals surface area (Å²) < 4.78 is 52.6. The smallest absolute Gasteiger partial charge is 0.339 e. The van der Waals surface area contributed by atoms with Crippen molar-refractivity contribution in [3.63, 3.8) is 0 Å². The van der Waals surface area contributed by atoms with E-state index >= 15 is 0 Å². The van der Waals surface area contributed by atoms with Gasteiger partial charge in [0.25, 0.3) is 11.8 Å². The number of anilines is 2. The molecule has 4 N–H and O–H groups in total. The second-order valence-electron chi connectivity index (χ2n) is 17.8. The molecule has 0 saturated carbocycles. The van der Waals surface area contributed by atoms with Gasteiger partial charge in [0.2, 0.25) is 10.7 Å². The van der Waals surface area contributed by atoms with Crippen molar-refractivity contribution < 1.29 is 61.7 Å². The van der Waals surface area contributed by atoms with Crippen LogP contribution in [0.25, 0.3) is 0 Å². The van der Waals surface area contributed by atoms with E-state index in [-0.39, 0.29) is 60.0 Å². The Kier molecular flexibility index (Phi) is 21.9. The van der Waals surface area contributed by atoms with Crippen LogP contribution in [0.5, 0.6) is 5.75 Å². The lowest BCUT2D eigenvalue weighted by Gasteiger charge is -2.31. The van der Waals surface area contributed by atoms with E-state index in [1.807, 2.05) is 36.6 Å². The first-order valence-electron chi connectivity index (χ1n) is 22.3. The fourth-order valence-corrected chi connectivity index (χ4v) is 9.33. The van der Waals surface area contributed by atoms with E-state index in [0.717, 1.165) is 42.0 Å². The highest BCUT2D eigenvalue weighted by Crippen LogP contribution is 2.39. The number of methoxy groups -OCH3 is 1. The fourth-order valence-electron chi connectivity index (χ4n) is 7.81. The highest BCUT2D eigenvalue weighted by atomic mass is 35.5. The Morgan fingerprint density at radius 1 is 1.18 bits per heavy atom. The van der Waals surface area contributed by atoms with Crippen molar-refractivity contribution in [2.75, 3.05) is 61.9 Å². The van der Waals surface area contributed by atoms with Gasteiger partial charge in [0, 0.05) is 37.7 Å². The van der Waals surface area contributed by atoms with Crippen molar-refractivity contribution in [1.29, 1.82) is 0 Å². The molecule has 2 unspecified atom stereocenters. The molecule has 3 aliphatic heterocycles. The number of aliphatic carboxylic acids is 1. The number of carboxylic acid groups (broad SMARTS) is 1. The maximum absolute atomic E-state index is 14.5. The molecule has 72 heavy (non-hydrogen) atoms. The van der Waals surface area contributed by atoms with E-state index in [9.17, 15) is 28.1 Å². The van der Waals surface area contributed by atoms with Crippen LogP contribution in [0.2, 0.25) is 0 Å². The molecule has 1 fully saturated rings. The number of carboxylic acids is 1. The average Bonchev–Trinajstić information content (AvgIpc) is 4.10. The highest BCUT2D eigenvalue weighted by molar-refractivity contribution is 7.51. The first-order valence-corrected chi connectivity index (χ1v) is 26.3. The minimum atomic E-state index is -4.10. The number of halogens is 4. The molecule has 0 spiro atoms. The molecular weight excluding hydrogens is 1040 g/mol. The van der Waals surface area contributed by atoms with Crippen LogP contribution in [0.15, 0.2) is 58.1 Å². The first-order chi connectivity index (χ1) is 33.8. The third-order valence-corrected chi connectivity index (χ3v) is 13.0. The van der Waals surface area contributed by atoms with E-state index < -0.39 is 42.8 Å². The summed E-state index contributed by atoms with van der Waals surface area (Å²) in [7, 11) is -2.46. The summed E-state index contributed by atoms with van der Waals surface area (Å²) in [6.45, 7) is 15.2. The van der Waals surface area contributed by atoms with Crippen LogP contribution in [0.4, 0.5) is 21.5 Å². The standard InChI is InChI=1S/C18H17FN4O2S.C15H22ClNO2.C11H13Cl2NO3.C3H8NO5P/c1-4-5-22-13-7-12(11(19)6-14(13)25-9-16(22)24)20-17-23-10-18(2,3)8-15(23)21-26-17;1-5-13-8-6-7-11(2)15(13)17(14(18)9-16)12(3)10-19-4;1-11(2)14(10(15)9(12)13)6-8(17-11)7-4-3-5-16-7;5-3(6)1-4-2-10(7,8)9/h1,6-7H,5,8-10H2,2-3H3;6-8,12H,5,9-10H2,1-4H3;3-5,8-9H,6H2,1-2H3;4H,1-2H2,(H,5,6)(H2,7,8,9)/b20-17-;;;. The summed E-state index contributed by atoms with van der Waals surface area (Å²) in [6.07, 6.45) is 7.79. The number of carbonyl (C=O) groups excluding carboxylic acids is 3. The third-order valence-electron chi connectivity index (χ3n) is 10.9. The minimum absolute atomic E-state index is 0.0223. The van der Waals surface area contributed by atoms with E-state index in [2.05, 4.69) is 47.4 Å². The molecule has 3 aliphatic rings. The number of hydrogen-bond acceptors (Lipinski definition) is 13. The van der Waals surface area contributed by atoms with Gasteiger partial charge in [-0.3, -0.25) is 34.0 Å². The van der Waals surface area contributed by atoms with Gasteiger partial charge in [-0.15, -0.1) is 18.0 Å². The number of ether oxygens (including phenoxy) is 3. The van der Waals surface area contributed by atoms with E-state index in [0.29, 0.717) is 35.2 Å². The van der Waals surface area contributed by atoms with Gasteiger partial charge in [0.05, 0.1) is 56.2 Å². The number of rotatable bonds is 14. The van der Waals surface area contributed by atoms with E-state index in [1.54, 1.807) is 38.2 Å². The number of benzene rings is 2. The van der Waals surface area contributed by atoms with Gasteiger partial charge in [-0.2, -0.15) is 4.37 Å². The highest BCUT2D eigenvalue weighted by Gasteiger charge is 2.45. The fraction of sp³-hybridized carbons (Fsp3) is 0.489. The Hall–Kier alpha value is -4.85. The van der Waals surface area contributed by atoms with Gasteiger partial charge < -0.3 is 47.9 Å². The van der Waals surface area contributed by atoms with Crippen LogP contribution < -0.4 is 24.7 Å². The van der Waals surface area contributed by atoms with Crippen molar-refractivity contribution in [3.05, 3.63) is 82.1 Å². The summed E-state index contributed by atoms with van der Waals surface area (Å²) in [6, 6.07) is 12.4. The maximum Gasteiger partial charge on any atom is 0.339 e. The molecule has 4 aromatic rings. The summed E-state index contributed by atoms with van der Waals surface area (Å²) >= 11 is 18.2. The molecule has 394 valence electrons. The van der Waals surface area contributed by atoms with Crippen LogP contribution in [-0.4, -0.2) is 121 Å². The maximum atomic E-state index is 14.5. The molecule has 5 heterocycles. The number of alkyl halides is 3. The number of aromatic nitrogens is 2. The van der Waals surface area contributed by atoms with Gasteiger partial charge in [0.15, 0.2) is 17.3 Å². The lowest BCUT2D eigenvalue weighted by Crippen LogP contribution is -2.45. The van der Waals surface area contributed by atoms with Gasteiger partial charge >= 0.3 is 13.6 Å².